The van der Waals surface area contributed by atoms with Crippen LogP contribution in [0.2, 0.25) is 0 Å². The van der Waals surface area contributed by atoms with E-state index in [0.717, 1.165) is 5.56 Å². The number of benzene rings is 1. The molecule has 1 saturated heterocycles. The summed E-state index contributed by atoms with van der Waals surface area (Å²) < 4.78 is 10.6. The Morgan fingerprint density at radius 2 is 1.94 bits per heavy atom. The van der Waals surface area contributed by atoms with E-state index < -0.39 is 11.9 Å². The minimum absolute atomic E-state index is 0.236. The third-order valence-electron chi connectivity index (χ3n) is 2.88. The molecule has 17 heavy (non-hydrogen) atoms. The topological polar surface area (TPSA) is 55.8 Å². The predicted octanol–water partition coefficient (Wildman–Crippen LogP) is 2.01. The molecule has 1 N–H and O–H groups in total. The summed E-state index contributed by atoms with van der Waals surface area (Å²) >= 11 is 0. The zero-order valence-corrected chi connectivity index (χ0v) is 9.54. The quantitative estimate of drug-likeness (QED) is 0.849. The zero-order valence-electron chi connectivity index (χ0n) is 9.54. The smallest absolute Gasteiger partial charge is 0.310 e. The third kappa shape index (κ3) is 3.28. The van der Waals surface area contributed by atoms with E-state index in [1.807, 2.05) is 30.3 Å². The number of aliphatic carboxylic acids is 1. The maximum Gasteiger partial charge on any atom is 0.310 e. The van der Waals surface area contributed by atoms with Crippen molar-refractivity contribution in [2.75, 3.05) is 13.2 Å². The molecule has 2 rings (SSSR count). The lowest BCUT2D eigenvalue weighted by atomic mass is 9.94. The van der Waals surface area contributed by atoms with Crippen LogP contribution in [0.25, 0.3) is 0 Å². The van der Waals surface area contributed by atoms with Crippen molar-refractivity contribution in [2.24, 2.45) is 0 Å². The van der Waals surface area contributed by atoms with Crippen LogP contribution in [0.3, 0.4) is 0 Å². The van der Waals surface area contributed by atoms with Crippen LogP contribution in [0.4, 0.5) is 0 Å². The van der Waals surface area contributed by atoms with Gasteiger partial charge in [-0.25, -0.2) is 0 Å². The first-order valence-corrected chi connectivity index (χ1v) is 5.78. The minimum atomic E-state index is -0.797. The molecule has 0 amide bonds. The minimum Gasteiger partial charge on any atom is -0.481 e. The van der Waals surface area contributed by atoms with Crippen molar-refractivity contribution < 1.29 is 19.4 Å². The van der Waals surface area contributed by atoms with Gasteiger partial charge in [0.1, 0.15) is 0 Å². The molecule has 0 aliphatic carbocycles. The predicted molar refractivity (Wildman–Crippen MR) is 61.7 cm³/mol. The van der Waals surface area contributed by atoms with E-state index >= 15 is 0 Å². The maximum atomic E-state index is 11.2. The van der Waals surface area contributed by atoms with Gasteiger partial charge in [-0.15, -0.1) is 0 Å². The van der Waals surface area contributed by atoms with Gasteiger partial charge in [0.25, 0.3) is 0 Å². The van der Waals surface area contributed by atoms with Crippen molar-refractivity contribution >= 4 is 5.97 Å². The van der Waals surface area contributed by atoms with Gasteiger partial charge < -0.3 is 14.6 Å². The monoisotopic (exact) mass is 236 g/mol. The van der Waals surface area contributed by atoms with Crippen LogP contribution in [0.15, 0.2) is 30.3 Å². The Hall–Kier alpha value is -1.39. The first-order valence-electron chi connectivity index (χ1n) is 5.78. The molecule has 0 aromatic heterocycles. The normalized spacial score (nSPS) is 18.1. The van der Waals surface area contributed by atoms with Gasteiger partial charge in [-0.05, 0) is 18.4 Å². The van der Waals surface area contributed by atoms with Crippen LogP contribution in [0.1, 0.15) is 24.3 Å². The van der Waals surface area contributed by atoms with Crippen molar-refractivity contribution in [2.45, 2.75) is 25.0 Å². The Balaban J connectivity index is 1.95. The first-order chi connectivity index (χ1) is 8.27. The molecule has 1 aromatic carbocycles. The van der Waals surface area contributed by atoms with Gasteiger partial charge in [0, 0.05) is 0 Å². The number of carbonyl (C=O) groups is 1. The van der Waals surface area contributed by atoms with Crippen LogP contribution < -0.4 is 0 Å². The Bertz CT molecular complexity index is 357. The molecule has 1 unspecified atom stereocenters. The van der Waals surface area contributed by atoms with Crippen molar-refractivity contribution in [3.8, 4) is 0 Å². The summed E-state index contributed by atoms with van der Waals surface area (Å²) in [6.45, 7) is 1.21. The molecule has 4 heteroatoms. The molecule has 1 heterocycles. The summed E-state index contributed by atoms with van der Waals surface area (Å²) in [5.74, 6) is -1.28. The highest BCUT2D eigenvalue weighted by Gasteiger charge is 2.23. The fraction of sp³-hybridized carbons (Fsp3) is 0.462. The van der Waals surface area contributed by atoms with Crippen LogP contribution in [-0.2, 0) is 14.3 Å². The van der Waals surface area contributed by atoms with Crippen LogP contribution in [0.5, 0.6) is 0 Å². The lowest BCUT2D eigenvalue weighted by Crippen LogP contribution is -2.15. The summed E-state index contributed by atoms with van der Waals surface area (Å²) in [4.78, 5) is 11.2. The molecule has 1 fully saturated rings. The highest BCUT2D eigenvalue weighted by molar-refractivity contribution is 5.75. The molecule has 4 nitrogen and oxygen atoms in total. The van der Waals surface area contributed by atoms with Crippen LogP contribution >= 0.6 is 0 Å². The van der Waals surface area contributed by atoms with E-state index in [9.17, 15) is 9.90 Å². The van der Waals surface area contributed by atoms with Gasteiger partial charge in [-0.1, -0.05) is 30.3 Å². The van der Waals surface area contributed by atoms with Gasteiger partial charge in [-0.2, -0.15) is 0 Å². The summed E-state index contributed by atoms with van der Waals surface area (Å²) in [6, 6.07) is 9.28. The second-order valence-corrected chi connectivity index (χ2v) is 4.05. The van der Waals surface area contributed by atoms with Gasteiger partial charge in [0.05, 0.1) is 19.1 Å². The van der Waals surface area contributed by atoms with Gasteiger partial charge in [0.2, 0.25) is 0 Å². The van der Waals surface area contributed by atoms with Gasteiger partial charge >= 0.3 is 5.97 Å². The summed E-state index contributed by atoms with van der Waals surface area (Å²) in [5, 5.41) is 9.22. The van der Waals surface area contributed by atoms with Gasteiger partial charge in [-0.3, -0.25) is 4.79 Å². The SMILES string of the molecule is O=C(O)C(CCC1OCCO1)c1ccccc1. The van der Waals surface area contributed by atoms with Crippen molar-refractivity contribution in [1.82, 2.24) is 0 Å². The Labute approximate surface area is 100 Å². The van der Waals surface area contributed by atoms with E-state index in [2.05, 4.69) is 0 Å². The number of hydrogen-bond donors (Lipinski definition) is 1. The Morgan fingerprint density at radius 3 is 2.53 bits per heavy atom. The molecule has 1 aliphatic rings. The molecule has 1 aliphatic heterocycles. The summed E-state index contributed by atoms with van der Waals surface area (Å²) in [6.07, 6.45) is 0.913. The van der Waals surface area contributed by atoms with Crippen molar-refractivity contribution in [3.63, 3.8) is 0 Å². The largest absolute Gasteiger partial charge is 0.481 e. The summed E-state index contributed by atoms with van der Waals surface area (Å²) in [5.41, 5.74) is 0.831. The number of carboxylic acids is 1. The van der Waals surface area contributed by atoms with E-state index in [4.69, 9.17) is 9.47 Å². The molecule has 0 radical (unpaired) electrons. The second-order valence-electron chi connectivity index (χ2n) is 4.05. The van der Waals surface area contributed by atoms with E-state index in [0.29, 0.717) is 26.1 Å². The molecular formula is C13H16O4. The zero-order chi connectivity index (χ0) is 12.1. The Morgan fingerprint density at radius 1 is 1.29 bits per heavy atom. The second kappa shape index (κ2) is 5.80. The fourth-order valence-corrected chi connectivity index (χ4v) is 1.99. The lowest BCUT2D eigenvalue weighted by Gasteiger charge is -2.15. The maximum absolute atomic E-state index is 11.2. The average Bonchev–Trinajstić information content (AvgIpc) is 2.83. The van der Waals surface area contributed by atoms with Crippen molar-refractivity contribution in [3.05, 3.63) is 35.9 Å². The Kier molecular flexibility index (Phi) is 4.12. The van der Waals surface area contributed by atoms with Crippen LogP contribution in [0, 0.1) is 0 Å². The van der Waals surface area contributed by atoms with Crippen LogP contribution in [-0.4, -0.2) is 30.6 Å². The number of ether oxygens (including phenoxy) is 2. The van der Waals surface area contributed by atoms with Gasteiger partial charge in [0.15, 0.2) is 6.29 Å². The van der Waals surface area contributed by atoms with E-state index in [1.165, 1.54) is 0 Å². The third-order valence-corrected chi connectivity index (χ3v) is 2.88. The van der Waals surface area contributed by atoms with E-state index in [-0.39, 0.29) is 6.29 Å². The molecular weight excluding hydrogens is 220 g/mol. The lowest BCUT2D eigenvalue weighted by molar-refractivity contribution is -0.139. The molecule has 1 atom stereocenters. The first kappa shape index (κ1) is 12.1. The molecule has 0 saturated carbocycles. The van der Waals surface area contributed by atoms with Crippen molar-refractivity contribution in [1.29, 1.82) is 0 Å². The molecule has 1 aromatic rings. The number of rotatable bonds is 5. The highest BCUT2D eigenvalue weighted by atomic mass is 16.7. The average molecular weight is 236 g/mol. The summed E-state index contributed by atoms with van der Waals surface area (Å²) in [7, 11) is 0. The number of carboxylic acid groups (broad SMARTS) is 1. The molecule has 0 spiro atoms. The highest BCUT2D eigenvalue weighted by Crippen LogP contribution is 2.24. The molecule has 0 bridgehead atoms. The van der Waals surface area contributed by atoms with E-state index in [1.54, 1.807) is 0 Å². The fourth-order valence-electron chi connectivity index (χ4n) is 1.99. The number of hydrogen-bond acceptors (Lipinski definition) is 3. The standard InChI is InChI=1S/C13H16O4/c14-13(15)11(10-4-2-1-3-5-10)6-7-12-16-8-9-17-12/h1-5,11-12H,6-9H2,(H,14,15). The molecule has 92 valence electrons.